The summed E-state index contributed by atoms with van der Waals surface area (Å²) in [6.45, 7) is 3.26. The lowest BCUT2D eigenvalue weighted by Gasteiger charge is -2.23. The van der Waals surface area contributed by atoms with Crippen molar-refractivity contribution in [2.45, 2.75) is 44.8 Å². The Balaban J connectivity index is 2.24. The van der Waals surface area contributed by atoms with Gasteiger partial charge in [-0.15, -0.1) is 0 Å². The summed E-state index contributed by atoms with van der Waals surface area (Å²) in [5, 5.41) is 11.7. The highest BCUT2D eigenvalue weighted by molar-refractivity contribution is 4.66. The van der Waals surface area contributed by atoms with E-state index in [2.05, 4.69) is 5.32 Å². The molecular formula is C8H18NO+. The van der Waals surface area contributed by atoms with E-state index in [9.17, 15) is 5.11 Å². The first-order valence-corrected chi connectivity index (χ1v) is 4.36. The molecule has 2 heteroatoms. The van der Waals surface area contributed by atoms with Crippen LogP contribution < -0.4 is 5.32 Å². The lowest BCUT2D eigenvalue weighted by molar-refractivity contribution is -0.704. The molecule has 0 aliphatic carbocycles. The molecular weight excluding hydrogens is 126 g/mol. The average molecular weight is 144 g/mol. The van der Waals surface area contributed by atoms with Gasteiger partial charge >= 0.3 is 0 Å². The first-order valence-electron chi connectivity index (χ1n) is 4.36. The number of piperidine rings is 1. The molecule has 10 heavy (non-hydrogen) atoms. The third-order valence-corrected chi connectivity index (χ3v) is 2.37. The van der Waals surface area contributed by atoms with Crippen molar-refractivity contribution in [1.82, 2.24) is 0 Å². The standard InChI is InChI=1S/C8H17NO/c1-2-8(10)7-5-3-4-6-9-7/h7-10H,2-6H2,1H3/p+1. The molecule has 0 amide bonds. The van der Waals surface area contributed by atoms with Gasteiger partial charge in [0.15, 0.2) is 0 Å². The van der Waals surface area contributed by atoms with E-state index in [0.29, 0.717) is 6.04 Å². The molecule has 1 aliphatic heterocycles. The van der Waals surface area contributed by atoms with Gasteiger partial charge in [0.05, 0.1) is 6.54 Å². The van der Waals surface area contributed by atoms with Gasteiger partial charge in [0, 0.05) is 6.42 Å². The van der Waals surface area contributed by atoms with Crippen molar-refractivity contribution < 1.29 is 10.4 Å². The molecule has 0 aromatic heterocycles. The van der Waals surface area contributed by atoms with Gasteiger partial charge in [-0.1, -0.05) is 6.92 Å². The summed E-state index contributed by atoms with van der Waals surface area (Å²) in [5.41, 5.74) is 0. The number of aliphatic hydroxyl groups excluding tert-OH is 1. The summed E-state index contributed by atoms with van der Waals surface area (Å²) in [6, 6.07) is 0.499. The van der Waals surface area contributed by atoms with Crippen LogP contribution in [-0.4, -0.2) is 23.8 Å². The van der Waals surface area contributed by atoms with E-state index in [0.717, 1.165) is 6.42 Å². The van der Waals surface area contributed by atoms with Crippen LogP contribution in [0.15, 0.2) is 0 Å². The lowest BCUT2D eigenvalue weighted by Crippen LogP contribution is -2.93. The van der Waals surface area contributed by atoms with Crippen LogP contribution in [0.3, 0.4) is 0 Å². The Kier molecular flexibility index (Phi) is 3.16. The van der Waals surface area contributed by atoms with Crippen molar-refractivity contribution in [2.75, 3.05) is 6.54 Å². The predicted molar refractivity (Wildman–Crippen MR) is 40.7 cm³/mol. The van der Waals surface area contributed by atoms with Gasteiger partial charge in [0.25, 0.3) is 0 Å². The number of quaternary nitrogens is 1. The number of hydrogen-bond donors (Lipinski definition) is 2. The molecule has 1 saturated heterocycles. The van der Waals surface area contributed by atoms with E-state index < -0.39 is 0 Å². The van der Waals surface area contributed by atoms with Crippen LogP contribution in [-0.2, 0) is 0 Å². The second kappa shape index (κ2) is 3.94. The maximum atomic E-state index is 9.45. The van der Waals surface area contributed by atoms with Gasteiger partial charge in [-0.2, -0.15) is 0 Å². The molecule has 0 saturated carbocycles. The summed E-state index contributed by atoms with van der Waals surface area (Å²) in [7, 11) is 0. The molecule has 0 aromatic rings. The largest absolute Gasteiger partial charge is 0.387 e. The minimum atomic E-state index is -0.0692. The SMILES string of the molecule is CCC(O)C1CCCC[NH2+]1. The Morgan fingerprint density at radius 3 is 2.90 bits per heavy atom. The Labute approximate surface area is 62.6 Å². The maximum absolute atomic E-state index is 9.45. The third kappa shape index (κ3) is 1.96. The molecule has 2 nitrogen and oxygen atoms in total. The molecule has 3 N–H and O–H groups in total. The number of hydrogen-bond acceptors (Lipinski definition) is 1. The van der Waals surface area contributed by atoms with Crippen LogP contribution in [0, 0.1) is 0 Å². The Bertz CT molecular complexity index is 89.3. The quantitative estimate of drug-likeness (QED) is 0.556. The summed E-state index contributed by atoms with van der Waals surface area (Å²) < 4.78 is 0. The highest BCUT2D eigenvalue weighted by Gasteiger charge is 2.22. The first-order chi connectivity index (χ1) is 4.84. The van der Waals surface area contributed by atoms with E-state index in [-0.39, 0.29) is 6.10 Å². The molecule has 60 valence electrons. The fourth-order valence-corrected chi connectivity index (χ4v) is 1.63. The molecule has 0 radical (unpaired) electrons. The summed E-state index contributed by atoms with van der Waals surface area (Å²) in [6.07, 6.45) is 4.67. The third-order valence-electron chi connectivity index (χ3n) is 2.37. The van der Waals surface area contributed by atoms with Crippen molar-refractivity contribution >= 4 is 0 Å². The zero-order valence-electron chi connectivity index (χ0n) is 6.71. The first kappa shape index (κ1) is 8.02. The highest BCUT2D eigenvalue weighted by Crippen LogP contribution is 2.06. The minimum absolute atomic E-state index is 0.0692. The van der Waals surface area contributed by atoms with Crippen LogP contribution in [0.5, 0.6) is 0 Å². The molecule has 0 aromatic carbocycles. The second-order valence-corrected chi connectivity index (χ2v) is 3.16. The van der Waals surface area contributed by atoms with E-state index in [4.69, 9.17) is 0 Å². The molecule has 1 heterocycles. The van der Waals surface area contributed by atoms with Crippen LogP contribution in [0.1, 0.15) is 32.6 Å². The normalized spacial score (nSPS) is 30.0. The van der Waals surface area contributed by atoms with Crippen LogP contribution >= 0.6 is 0 Å². The molecule has 2 unspecified atom stereocenters. The molecule has 0 bridgehead atoms. The molecule has 1 aliphatic rings. The summed E-state index contributed by atoms with van der Waals surface area (Å²) >= 11 is 0. The van der Waals surface area contributed by atoms with Crippen molar-refractivity contribution in [3.8, 4) is 0 Å². The van der Waals surface area contributed by atoms with Gasteiger partial charge in [-0.3, -0.25) is 0 Å². The van der Waals surface area contributed by atoms with Crippen molar-refractivity contribution in [3.05, 3.63) is 0 Å². The Hall–Kier alpha value is -0.0800. The van der Waals surface area contributed by atoms with E-state index >= 15 is 0 Å². The minimum Gasteiger partial charge on any atom is -0.387 e. The van der Waals surface area contributed by atoms with Gasteiger partial charge in [-0.25, -0.2) is 0 Å². The van der Waals surface area contributed by atoms with Crippen LogP contribution in [0.4, 0.5) is 0 Å². The smallest absolute Gasteiger partial charge is 0.112 e. The fraction of sp³-hybridized carbons (Fsp3) is 1.00. The second-order valence-electron chi connectivity index (χ2n) is 3.16. The van der Waals surface area contributed by atoms with Crippen molar-refractivity contribution in [3.63, 3.8) is 0 Å². The monoisotopic (exact) mass is 144 g/mol. The van der Waals surface area contributed by atoms with Gasteiger partial charge < -0.3 is 10.4 Å². The van der Waals surface area contributed by atoms with Gasteiger partial charge in [0.2, 0.25) is 0 Å². The molecule has 2 atom stereocenters. The topological polar surface area (TPSA) is 36.8 Å². The Morgan fingerprint density at radius 1 is 1.60 bits per heavy atom. The maximum Gasteiger partial charge on any atom is 0.112 e. The van der Waals surface area contributed by atoms with E-state index in [1.54, 1.807) is 0 Å². The van der Waals surface area contributed by atoms with Gasteiger partial charge in [-0.05, 0) is 19.3 Å². The van der Waals surface area contributed by atoms with E-state index in [1.807, 2.05) is 6.92 Å². The molecule has 1 rings (SSSR count). The van der Waals surface area contributed by atoms with Crippen LogP contribution in [0.25, 0.3) is 0 Å². The predicted octanol–water partition coefficient (Wildman–Crippen LogP) is -0.127. The average Bonchev–Trinajstić information content (AvgIpc) is 2.05. The lowest BCUT2D eigenvalue weighted by atomic mass is 9.99. The van der Waals surface area contributed by atoms with E-state index in [1.165, 1.54) is 25.8 Å². The molecule has 1 fully saturated rings. The molecule has 0 spiro atoms. The van der Waals surface area contributed by atoms with Crippen LogP contribution in [0.2, 0.25) is 0 Å². The summed E-state index contributed by atoms with van der Waals surface area (Å²) in [4.78, 5) is 0. The highest BCUT2D eigenvalue weighted by atomic mass is 16.3. The van der Waals surface area contributed by atoms with Gasteiger partial charge in [0.1, 0.15) is 12.1 Å². The number of rotatable bonds is 2. The zero-order chi connectivity index (χ0) is 7.40. The van der Waals surface area contributed by atoms with Crippen molar-refractivity contribution in [2.24, 2.45) is 0 Å². The van der Waals surface area contributed by atoms with Crippen molar-refractivity contribution in [1.29, 1.82) is 0 Å². The Morgan fingerprint density at radius 2 is 2.40 bits per heavy atom. The number of aliphatic hydroxyl groups is 1. The fourth-order valence-electron chi connectivity index (χ4n) is 1.63. The summed E-state index contributed by atoms with van der Waals surface area (Å²) in [5.74, 6) is 0. The zero-order valence-corrected chi connectivity index (χ0v) is 6.71. The number of nitrogens with two attached hydrogens (primary N) is 1.